The van der Waals surface area contributed by atoms with Gasteiger partial charge in [0, 0.05) is 16.8 Å². The van der Waals surface area contributed by atoms with E-state index in [0.717, 1.165) is 0 Å². The van der Waals surface area contributed by atoms with Crippen molar-refractivity contribution in [2.24, 2.45) is 0 Å². The molecule has 0 saturated carbocycles. The molecule has 1 amide bonds. The molecule has 0 aliphatic heterocycles. The van der Waals surface area contributed by atoms with Crippen molar-refractivity contribution in [1.82, 2.24) is 4.98 Å². The Labute approximate surface area is 109 Å². The van der Waals surface area contributed by atoms with Crippen molar-refractivity contribution >= 4 is 23.3 Å². The SMILES string of the molecule is O=C(Nc1ccc(CO)cn1)c1ccc(Cl)cc1. The molecule has 0 aliphatic rings. The summed E-state index contributed by atoms with van der Waals surface area (Å²) in [5.74, 6) is 0.183. The molecular formula is C13H11ClN2O2. The van der Waals surface area contributed by atoms with Gasteiger partial charge in [0.25, 0.3) is 5.91 Å². The fourth-order valence-corrected chi connectivity index (χ4v) is 1.51. The summed E-state index contributed by atoms with van der Waals surface area (Å²) < 4.78 is 0. The normalized spacial score (nSPS) is 10.1. The lowest BCUT2D eigenvalue weighted by molar-refractivity contribution is 0.102. The second kappa shape index (κ2) is 5.62. The maximum absolute atomic E-state index is 11.8. The zero-order valence-corrected chi connectivity index (χ0v) is 10.2. The largest absolute Gasteiger partial charge is 0.392 e. The van der Waals surface area contributed by atoms with E-state index in [0.29, 0.717) is 22.0 Å². The smallest absolute Gasteiger partial charge is 0.256 e. The minimum atomic E-state index is -0.254. The summed E-state index contributed by atoms with van der Waals surface area (Å²) in [5, 5.41) is 12.1. The van der Waals surface area contributed by atoms with Crippen LogP contribution in [0.25, 0.3) is 0 Å². The van der Waals surface area contributed by atoms with Gasteiger partial charge in [-0.05, 0) is 35.9 Å². The van der Waals surface area contributed by atoms with Crippen molar-refractivity contribution in [2.75, 3.05) is 5.32 Å². The van der Waals surface area contributed by atoms with Crippen LogP contribution >= 0.6 is 11.6 Å². The number of carbonyl (C=O) groups excluding carboxylic acids is 1. The Morgan fingerprint density at radius 1 is 1.22 bits per heavy atom. The molecule has 0 spiro atoms. The number of aliphatic hydroxyl groups is 1. The van der Waals surface area contributed by atoms with E-state index in [-0.39, 0.29) is 12.5 Å². The molecule has 0 radical (unpaired) electrons. The highest BCUT2D eigenvalue weighted by molar-refractivity contribution is 6.30. The summed E-state index contributed by atoms with van der Waals surface area (Å²) in [6.45, 7) is -0.0710. The lowest BCUT2D eigenvalue weighted by atomic mass is 10.2. The molecule has 2 N–H and O–H groups in total. The number of aliphatic hydroxyl groups excluding tert-OH is 1. The first-order chi connectivity index (χ1) is 8.69. The van der Waals surface area contributed by atoms with Gasteiger partial charge in [-0.1, -0.05) is 17.7 Å². The van der Waals surface area contributed by atoms with E-state index in [4.69, 9.17) is 16.7 Å². The van der Waals surface area contributed by atoms with Crippen LogP contribution in [-0.2, 0) is 6.61 Å². The molecule has 0 saturated heterocycles. The van der Waals surface area contributed by atoms with Crippen LogP contribution in [0.3, 0.4) is 0 Å². The second-order valence-electron chi connectivity index (χ2n) is 3.67. The van der Waals surface area contributed by atoms with Crippen molar-refractivity contribution in [3.63, 3.8) is 0 Å². The standard InChI is InChI=1S/C13H11ClN2O2/c14-11-4-2-10(3-5-11)13(18)16-12-6-1-9(8-17)7-15-12/h1-7,17H,8H2,(H,15,16,18). The molecule has 0 unspecified atom stereocenters. The molecule has 2 aromatic rings. The highest BCUT2D eigenvalue weighted by Crippen LogP contribution is 2.11. The Bertz CT molecular complexity index is 538. The minimum Gasteiger partial charge on any atom is -0.392 e. The average molecular weight is 263 g/mol. The number of rotatable bonds is 3. The number of nitrogens with one attached hydrogen (secondary N) is 1. The van der Waals surface area contributed by atoms with Gasteiger partial charge in [-0.25, -0.2) is 4.98 Å². The number of pyridine rings is 1. The Hall–Kier alpha value is -1.91. The number of hydrogen-bond donors (Lipinski definition) is 2. The van der Waals surface area contributed by atoms with Crippen LogP contribution in [0.2, 0.25) is 5.02 Å². The maximum atomic E-state index is 11.8. The van der Waals surface area contributed by atoms with Gasteiger partial charge >= 0.3 is 0 Å². The summed E-state index contributed by atoms with van der Waals surface area (Å²) >= 11 is 5.74. The quantitative estimate of drug-likeness (QED) is 0.893. The topological polar surface area (TPSA) is 62.2 Å². The Kier molecular flexibility index (Phi) is 3.92. The molecule has 2 rings (SSSR count). The van der Waals surface area contributed by atoms with Gasteiger partial charge < -0.3 is 10.4 Å². The lowest BCUT2D eigenvalue weighted by Gasteiger charge is -2.05. The van der Waals surface area contributed by atoms with E-state index in [1.54, 1.807) is 36.4 Å². The number of amides is 1. The highest BCUT2D eigenvalue weighted by Gasteiger charge is 2.06. The van der Waals surface area contributed by atoms with E-state index in [1.807, 2.05) is 0 Å². The van der Waals surface area contributed by atoms with E-state index in [2.05, 4.69) is 10.3 Å². The molecule has 1 aromatic heterocycles. The molecule has 4 nitrogen and oxygen atoms in total. The van der Waals surface area contributed by atoms with Crippen molar-refractivity contribution in [3.8, 4) is 0 Å². The van der Waals surface area contributed by atoms with Crippen LogP contribution in [-0.4, -0.2) is 16.0 Å². The Balaban J connectivity index is 2.08. The number of carbonyl (C=O) groups is 1. The number of aromatic nitrogens is 1. The average Bonchev–Trinajstić information content (AvgIpc) is 2.40. The predicted molar refractivity (Wildman–Crippen MR) is 69.6 cm³/mol. The maximum Gasteiger partial charge on any atom is 0.256 e. The van der Waals surface area contributed by atoms with Gasteiger partial charge in [-0.3, -0.25) is 4.79 Å². The summed E-state index contributed by atoms with van der Waals surface area (Å²) in [4.78, 5) is 15.9. The molecule has 1 heterocycles. The first kappa shape index (κ1) is 12.5. The minimum absolute atomic E-state index is 0.0710. The van der Waals surface area contributed by atoms with E-state index >= 15 is 0 Å². The van der Waals surface area contributed by atoms with Crippen molar-refractivity contribution < 1.29 is 9.90 Å². The molecular weight excluding hydrogens is 252 g/mol. The van der Waals surface area contributed by atoms with Gasteiger partial charge in [-0.2, -0.15) is 0 Å². The summed E-state index contributed by atoms with van der Waals surface area (Å²) in [5.41, 5.74) is 1.20. The molecule has 5 heteroatoms. The van der Waals surface area contributed by atoms with E-state index in [9.17, 15) is 4.79 Å². The van der Waals surface area contributed by atoms with Crippen LogP contribution in [0.1, 0.15) is 15.9 Å². The fourth-order valence-electron chi connectivity index (χ4n) is 1.38. The number of nitrogens with zero attached hydrogens (tertiary/aromatic N) is 1. The third kappa shape index (κ3) is 3.06. The summed E-state index contributed by atoms with van der Waals surface area (Å²) in [6, 6.07) is 9.92. The van der Waals surface area contributed by atoms with Gasteiger partial charge in [0.05, 0.1) is 6.61 Å². The van der Waals surface area contributed by atoms with Crippen molar-refractivity contribution in [1.29, 1.82) is 0 Å². The first-order valence-electron chi connectivity index (χ1n) is 5.32. The zero-order valence-electron chi connectivity index (χ0n) is 9.43. The fraction of sp³-hybridized carbons (Fsp3) is 0.0769. The van der Waals surface area contributed by atoms with Crippen LogP contribution in [0.15, 0.2) is 42.6 Å². The van der Waals surface area contributed by atoms with Gasteiger partial charge in [0.2, 0.25) is 0 Å². The van der Waals surface area contributed by atoms with Crippen LogP contribution in [0, 0.1) is 0 Å². The molecule has 1 aromatic carbocycles. The van der Waals surface area contributed by atoms with Crippen LogP contribution in [0.4, 0.5) is 5.82 Å². The third-order valence-electron chi connectivity index (χ3n) is 2.36. The lowest BCUT2D eigenvalue weighted by Crippen LogP contribution is -2.12. The zero-order chi connectivity index (χ0) is 13.0. The monoisotopic (exact) mass is 262 g/mol. The molecule has 92 valence electrons. The number of benzene rings is 1. The highest BCUT2D eigenvalue weighted by atomic mass is 35.5. The molecule has 18 heavy (non-hydrogen) atoms. The van der Waals surface area contributed by atoms with E-state index < -0.39 is 0 Å². The first-order valence-corrected chi connectivity index (χ1v) is 5.69. The third-order valence-corrected chi connectivity index (χ3v) is 2.61. The molecule has 0 atom stereocenters. The van der Waals surface area contributed by atoms with Crippen LogP contribution in [0.5, 0.6) is 0 Å². The number of hydrogen-bond acceptors (Lipinski definition) is 3. The molecule has 0 fully saturated rings. The Morgan fingerprint density at radius 3 is 2.50 bits per heavy atom. The van der Waals surface area contributed by atoms with Gasteiger partial charge in [0.1, 0.15) is 5.82 Å². The van der Waals surface area contributed by atoms with Crippen molar-refractivity contribution in [2.45, 2.75) is 6.61 Å². The molecule has 0 aliphatic carbocycles. The predicted octanol–water partition coefficient (Wildman–Crippen LogP) is 2.48. The molecule has 0 bridgehead atoms. The summed E-state index contributed by atoms with van der Waals surface area (Å²) in [6.07, 6.45) is 1.51. The van der Waals surface area contributed by atoms with Gasteiger partial charge in [0.15, 0.2) is 0 Å². The Morgan fingerprint density at radius 2 is 1.94 bits per heavy atom. The van der Waals surface area contributed by atoms with Crippen LogP contribution < -0.4 is 5.32 Å². The van der Waals surface area contributed by atoms with Crippen molar-refractivity contribution in [3.05, 3.63) is 58.7 Å². The van der Waals surface area contributed by atoms with Gasteiger partial charge in [-0.15, -0.1) is 0 Å². The number of anilines is 1. The number of halogens is 1. The summed E-state index contributed by atoms with van der Waals surface area (Å²) in [7, 11) is 0. The second-order valence-corrected chi connectivity index (χ2v) is 4.11. The van der Waals surface area contributed by atoms with E-state index in [1.165, 1.54) is 6.20 Å².